The molecule has 0 aliphatic carbocycles. The van der Waals surface area contributed by atoms with Gasteiger partial charge in [0.1, 0.15) is 11.5 Å². The SMILES string of the molecule is COc1c(-c2ccc(O)c(O)c2)cc(O)c(-c2ccc(O)cc2)c1O. The molecule has 3 aromatic rings. The predicted molar refractivity (Wildman–Crippen MR) is 92.2 cm³/mol. The zero-order valence-electron chi connectivity index (χ0n) is 13.3. The summed E-state index contributed by atoms with van der Waals surface area (Å²) in [5.74, 6) is -0.933. The van der Waals surface area contributed by atoms with Gasteiger partial charge < -0.3 is 30.3 Å². The Hall–Kier alpha value is -3.54. The van der Waals surface area contributed by atoms with Crippen molar-refractivity contribution < 1.29 is 30.3 Å². The Kier molecular flexibility index (Phi) is 4.02. The molecule has 0 saturated heterocycles. The normalized spacial score (nSPS) is 10.6. The minimum absolute atomic E-state index is 0.0610. The van der Waals surface area contributed by atoms with Gasteiger partial charge in [-0.1, -0.05) is 18.2 Å². The molecule has 0 atom stereocenters. The van der Waals surface area contributed by atoms with Gasteiger partial charge in [-0.15, -0.1) is 0 Å². The van der Waals surface area contributed by atoms with E-state index >= 15 is 0 Å². The number of ether oxygens (including phenoxy) is 1. The molecule has 3 aromatic carbocycles. The molecule has 0 unspecified atom stereocenters. The van der Waals surface area contributed by atoms with Crippen molar-refractivity contribution in [3.63, 3.8) is 0 Å². The van der Waals surface area contributed by atoms with E-state index in [1.807, 2.05) is 0 Å². The molecule has 0 radical (unpaired) electrons. The second-order valence-corrected chi connectivity index (χ2v) is 5.45. The Morgan fingerprint density at radius 3 is 1.92 bits per heavy atom. The lowest BCUT2D eigenvalue weighted by molar-refractivity contribution is 0.372. The summed E-state index contributed by atoms with van der Waals surface area (Å²) in [4.78, 5) is 0. The number of rotatable bonds is 3. The van der Waals surface area contributed by atoms with E-state index in [9.17, 15) is 25.5 Å². The second kappa shape index (κ2) is 6.16. The van der Waals surface area contributed by atoms with Gasteiger partial charge in [-0.05, 0) is 41.5 Å². The molecule has 3 rings (SSSR count). The minimum atomic E-state index is -0.332. The number of hydrogen-bond donors (Lipinski definition) is 5. The lowest BCUT2D eigenvalue weighted by atomic mass is 9.96. The third kappa shape index (κ3) is 2.85. The fourth-order valence-electron chi connectivity index (χ4n) is 2.66. The highest BCUT2D eigenvalue weighted by Crippen LogP contribution is 2.49. The lowest BCUT2D eigenvalue weighted by Gasteiger charge is -2.16. The predicted octanol–water partition coefficient (Wildman–Crippen LogP) is 3.56. The molecule has 0 spiro atoms. The number of methoxy groups -OCH3 is 1. The average molecular weight is 340 g/mol. The number of benzene rings is 3. The zero-order valence-corrected chi connectivity index (χ0v) is 13.3. The maximum Gasteiger partial charge on any atom is 0.170 e. The smallest absolute Gasteiger partial charge is 0.170 e. The molecule has 0 heterocycles. The maximum atomic E-state index is 10.6. The van der Waals surface area contributed by atoms with Crippen molar-refractivity contribution >= 4 is 0 Å². The summed E-state index contributed by atoms with van der Waals surface area (Å²) in [6.07, 6.45) is 0. The van der Waals surface area contributed by atoms with Crippen LogP contribution < -0.4 is 4.74 Å². The van der Waals surface area contributed by atoms with E-state index in [0.717, 1.165) is 0 Å². The van der Waals surface area contributed by atoms with Gasteiger partial charge in [-0.25, -0.2) is 0 Å². The van der Waals surface area contributed by atoms with Gasteiger partial charge in [0.15, 0.2) is 23.0 Å². The van der Waals surface area contributed by atoms with Crippen LogP contribution in [0.2, 0.25) is 0 Å². The first-order valence-electron chi connectivity index (χ1n) is 7.37. The highest BCUT2D eigenvalue weighted by Gasteiger charge is 2.21. The molecule has 6 heteroatoms. The lowest BCUT2D eigenvalue weighted by Crippen LogP contribution is -1.92. The Morgan fingerprint density at radius 1 is 0.680 bits per heavy atom. The summed E-state index contributed by atoms with van der Waals surface area (Å²) in [7, 11) is 1.37. The Morgan fingerprint density at radius 2 is 1.32 bits per heavy atom. The van der Waals surface area contributed by atoms with E-state index in [1.165, 1.54) is 43.5 Å². The molecular weight excluding hydrogens is 324 g/mol. The van der Waals surface area contributed by atoms with Gasteiger partial charge in [-0.3, -0.25) is 0 Å². The average Bonchev–Trinajstić information content (AvgIpc) is 2.58. The van der Waals surface area contributed by atoms with E-state index < -0.39 is 0 Å². The van der Waals surface area contributed by atoms with Crippen molar-refractivity contribution in [1.29, 1.82) is 0 Å². The van der Waals surface area contributed by atoms with Crippen LogP contribution in [0.25, 0.3) is 22.3 Å². The number of phenols is 5. The largest absolute Gasteiger partial charge is 0.508 e. The molecule has 0 saturated carbocycles. The van der Waals surface area contributed by atoms with Gasteiger partial charge in [0.25, 0.3) is 0 Å². The Labute approximate surface area is 143 Å². The number of aromatic hydroxyl groups is 5. The van der Waals surface area contributed by atoms with Crippen LogP contribution in [0, 0.1) is 0 Å². The van der Waals surface area contributed by atoms with Gasteiger partial charge in [0, 0.05) is 5.56 Å². The summed E-state index contributed by atoms with van der Waals surface area (Å²) in [6, 6.07) is 11.5. The Bertz CT molecular complexity index is 932. The van der Waals surface area contributed by atoms with Gasteiger partial charge in [0.05, 0.1) is 12.7 Å². The molecule has 6 nitrogen and oxygen atoms in total. The van der Waals surface area contributed by atoms with Crippen molar-refractivity contribution in [3.8, 4) is 56.8 Å². The highest BCUT2D eigenvalue weighted by molar-refractivity contribution is 5.87. The van der Waals surface area contributed by atoms with E-state index in [2.05, 4.69) is 0 Å². The first-order valence-corrected chi connectivity index (χ1v) is 7.37. The van der Waals surface area contributed by atoms with Crippen molar-refractivity contribution in [1.82, 2.24) is 0 Å². The summed E-state index contributed by atoms with van der Waals surface area (Å²) in [5, 5.41) is 49.5. The Balaban J connectivity index is 2.22. The van der Waals surface area contributed by atoms with Crippen molar-refractivity contribution in [2.45, 2.75) is 0 Å². The molecule has 5 N–H and O–H groups in total. The quantitative estimate of drug-likeness (QED) is 0.466. The molecular formula is C19H16O6. The minimum Gasteiger partial charge on any atom is -0.508 e. The monoisotopic (exact) mass is 340 g/mol. The summed E-state index contributed by atoms with van der Waals surface area (Å²) in [6.45, 7) is 0. The van der Waals surface area contributed by atoms with Crippen molar-refractivity contribution in [2.24, 2.45) is 0 Å². The number of hydrogen-bond acceptors (Lipinski definition) is 6. The fraction of sp³-hybridized carbons (Fsp3) is 0.0526. The van der Waals surface area contributed by atoms with Crippen LogP contribution in [0.15, 0.2) is 48.5 Å². The third-order valence-electron chi connectivity index (χ3n) is 3.88. The molecule has 0 aliphatic heterocycles. The molecule has 128 valence electrons. The molecule has 0 aliphatic rings. The fourth-order valence-corrected chi connectivity index (χ4v) is 2.66. The van der Waals surface area contributed by atoms with Gasteiger partial charge in [-0.2, -0.15) is 0 Å². The summed E-state index contributed by atoms with van der Waals surface area (Å²) in [5.41, 5.74) is 1.43. The highest BCUT2D eigenvalue weighted by atomic mass is 16.5. The van der Waals surface area contributed by atoms with Crippen LogP contribution in [0.4, 0.5) is 0 Å². The van der Waals surface area contributed by atoms with Crippen LogP contribution in [0.5, 0.6) is 34.5 Å². The van der Waals surface area contributed by atoms with E-state index in [-0.39, 0.29) is 40.1 Å². The third-order valence-corrected chi connectivity index (χ3v) is 3.88. The van der Waals surface area contributed by atoms with E-state index in [1.54, 1.807) is 12.1 Å². The second-order valence-electron chi connectivity index (χ2n) is 5.45. The maximum absolute atomic E-state index is 10.6. The van der Waals surface area contributed by atoms with E-state index in [0.29, 0.717) is 16.7 Å². The zero-order chi connectivity index (χ0) is 18.1. The van der Waals surface area contributed by atoms with Crippen LogP contribution in [-0.4, -0.2) is 32.6 Å². The molecule has 0 aromatic heterocycles. The van der Waals surface area contributed by atoms with Gasteiger partial charge in [0.2, 0.25) is 0 Å². The first-order chi connectivity index (χ1) is 11.9. The van der Waals surface area contributed by atoms with Crippen LogP contribution in [0.1, 0.15) is 0 Å². The summed E-state index contributed by atoms with van der Waals surface area (Å²) >= 11 is 0. The molecule has 0 bridgehead atoms. The van der Waals surface area contributed by atoms with Crippen LogP contribution >= 0.6 is 0 Å². The van der Waals surface area contributed by atoms with E-state index in [4.69, 9.17) is 4.74 Å². The molecule has 25 heavy (non-hydrogen) atoms. The molecule has 0 amide bonds. The van der Waals surface area contributed by atoms with Crippen LogP contribution in [-0.2, 0) is 0 Å². The molecule has 0 fully saturated rings. The number of phenolic OH excluding ortho intramolecular Hbond substituents is 5. The van der Waals surface area contributed by atoms with Gasteiger partial charge >= 0.3 is 0 Å². The first kappa shape index (κ1) is 16.3. The summed E-state index contributed by atoms with van der Waals surface area (Å²) < 4.78 is 5.29. The van der Waals surface area contributed by atoms with Crippen molar-refractivity contribution in [2.75, 3.05) is 7.11 Å². The standard InChI is InChI=1S/C19H16O6/c1-25-19-13(11-4-7-14(21)15(22)8-11)9-16(23)17(18(19)24)10-2-5-12(20)6-3-10/h2-9,20-24H,1H3. The van der Waals surface area contributed by atoms with Crippen LogP contribution in [0.3, 0.4) is 0 Å². The van der Waals surface area contributed by atoms with Crippen molar-refractivity contribution in [3.05, 3.63) is 48.5 Å². The topological polar surface area (TPSA) is 110 Å².